The fraction of sp³-hybridized carbons (Fsp3) is 0.417. The highest BCUT2D eigenvalue weighted by molar-refractivity contribution is 9.11. The molecule has 2 heterocycles. The normalized spacial score (nSPS) is 12.4. The Bertz CT molecular complexity index is 514. The predicted molar refractivity (Wildman–Crippen MR) is 78.0 cm³/mol. The largest absolute Gasteiger partial charge is 0.352 e. The third-order valence-electron chi connectivity index (χ3n) is 2.52. The van der Waals surface area contributed by atoms with Crippen molar-refractivity contribution in [3.63, 3.8) is 0 Å². The Morgan fingerprint density at radius 3 is 2.89 bits per heavy atom. The molecular weight excluding hydrogens is 312 g/mol. The molecule has 2 aromatic heterocycles. The van der Waals surface area contributed by atoms with E-state index >= 15 is 0 Å². The molecule has 2 aromatic rings. The molecule has 2 rings (SSSR count). The van der Waals surface area contributed by atoms with Crippen molar-refractivity contribution in [1.29, 1.82) is 0 Å². The van der Waals surface area contributed by atoms with Gasteiger partial charge in [-0.3, -0.25) is 0 Å². The number of anilines is 1. The van der Waals surface area contributed by atoms with Gasteiger partial charge in [-0.2, -0.15) is 4.98 Å². The highest BCUT2D eigenvalue weighted by Crippen LogP contribution is 2.23. The van der Waals surface area contributed by atoms with E-state index in [1.807, 2.05) is 6.92 Å². The first kappa shape index (κ1) is 13.4. The SMILES string of the molecule is Cc1ncnc(NC(C)CCc2ccc(Br)s2)n1. The van der Waals surface area contributed by atoms with Gasteiger partial charge in [0, 0.05) is 10.9 Å². The van der Waals surface area contributed by atoms with Gasteiger partial charge >= 0.3 is 0 Å². The van der Waals surface area contributed by atoms with E-state index in [0.29, 0.717) is 12.0 Å². The maximum Gasteiger partial charge on any atom is 0.226 e. The van der Waals surface area contributed by atoms with Gasteiger partial charge in [0.1, 0.15) is 12.2 Å². The summed E-state index contributed by atoms with van der Waals surface area (Å²) in [6.45, 7) is 4.00. The van der Waals surface area contributed by atoms with Crippen LogP contribution in [0.5, 0.6) is 0 Å². The van der Waals surface area contributed by atoms with E-state index in [4.69, 9.17) is 0 Å². The second-order valence-electron chi connectivity index (χ2n) is 4.15. The van der Waals surface area contributed by atoms with Crippen LogP contribution < -0.4 is 5.32 Å². The van der Waals surface area contributed by atoms with E-state index in [0.717, 1.165) is 18.7 Å². The van der Waals surface area contributed by atoms with Crippen molar-refractivity contribution in [2.45, 2.75) is 32.7 Å². The second-order valence-corrected chi connectivity index (χ2v) is 6.69. The summed E-state index contributed by atoms with van der Waals surface area (Å²) in [5, 5.41) is 3.29. The van der Waals surface area contributed by atoms with E-state index in [1.165, 1.54) is 15.0 Å². The Labute approximate surface area is 119 Å². The van der Waals surface area contributed by atoms with Gasteiger partial charge in [0.05, 0.1) is 3.79 Å². The van der Waals surface area contributed by atoms with Crippen LogP contribution in [-0.2, 0) is 6.42 Å². The van der Waals surface area contributed by atoms with Crippen LogP contribution in [0.2, 0.25) is 0 Å². The summed E-state index contributed by atoms with van der Waals surface area (Å²) >= 11 is 5.26. The summed E-state index contributed by atoms with van der Waals surface area (Å²) < 4.78 is 1.19. The molecule has 6 heteroatoms. The van der Waals surface area contributed by atoms with Crippen LogP contribution in [0.25, 0.3) is 0 Å². The smallest absolute Gasteiger partial charge is 0.226 e. The summed E-state index contributed by atoms with van der Waals surface area (Å²) in [5.74, 6) is 1.39. The highest BCUT2D eigenvalue weighted by Gasteiger charge is 2.06. The third-order valence-corrected chi connectivity index (χ3v) is 4.20. The molecule has 0 fully saturated rings. The molecule has 0 spiro atoms. The monoisotopic (exact) mass is 326 g/mol. The van der Waals surface area contributed by atoms with Gasteiger partial charge in [0.15, 0.2) is 0 Å². The second kappa shape index (κ2) is 6.24. The molecule has 1 N–H and O–H groups in total. The zero-order chi connectivity index (χ0) is 13.0. The first-order valence-corrected chi connectivity index (χ1v) is 7.41. The Morgan fingerprint density at radius 1 is 1.39 bits per heavy atom. The standard InChI is InChI=1S/C12H15BrN4S/c1-8(3-4-10-5-6-11(13)18-10)16-12-15-7-14-9(2)17-12/h5-8H,3-4H2,1-2H3,(H,14,15,16,17). The molecule has 4 nitrogen and oxygen atoms in total. The quantitative estimate of drug-likeness (QED) is 0.914. The van der Waals surface area contributed by atoms with Gasteiger partial charge in [-0.15, -0.1) is 11.3 Å². The molecule has 0 aliphatic rings. The number of nitrogens with zero attached hydrogens (tertiary/aromatic N) is 3. The fourth-order valence-corrected chi connectivity index (χ4v) is 3.08. The number of nitrogens with one attached hydrogen (secondary N) is 1. The Morgan fingerprint density at radius 2 is 2.22 bits per heavy atom. The lowest BCUT2D eigenvalue weighted by Gasteiger charge is -2.12. The predicted octanol–water partition coefficient (Wildman–Crippen LogP) is 3.44. The first-order valence-electron chi connectivity index (χ1n) is 5.80. The lowest BCUT2D eigenvalue weighted by molar-refractivity contribution is 0.701. The number of aromatic nitrogens is 3. The lowest BCUT2D eigenvalue weighted by atomic mass is 10.1. The topological polar surface area (TPSA) is 50.7 Å². The Kier molecular flexibility index (Phi) is 4.66. The Balaban J connectivity index is 1.83. The molecule has 18 heavy (non-hydrogen) atoms. The molecule has 0 saturated carbocycles. The summed E-state index contributed by atoms with van der Waals surface area (Å²) in [5.41, 5.74) is 0. The molecular formula is C12H15BrN4S. The van der Waals surface area contributed by atoms with Gasteiger partial charge in [-0.25, -0.2) is 9.97 Å². The van der Waals surface area contributed by atoms with Crippen LogP contribution in [0.1, 0.15) is 24.0 Å². The number of thiophene rings is 1. The lowest BCUT2D eigenvalue weighted by Crippen LogP contribution is -2.18. The van der Waals surface area contributed by atoms with Crippen LogP contribution in [0.15, 0.2) is 22.2 Å². The first-order chi connectivity index (χ1) is 8.63. The summed E-state index contributed by atoms with van der Waals surface area (Å²) in [4.78, 5) is 13.7. The fourth-order valence-electron chi connectivity index (χ4n) is 1.59. The highest BCUT2D eigenvalue weighted by atomic mass is 79.9. The molecule has 0 aliphatic heterocycles. The van der Waals surface area contributed by atoms with Gasteiger partial charge in [-0.05, 0) is 54.8 Å². The van der Waals surface area contributed by atoms with Crippen molar-refractivity contribution in [3.8, 4) is 0 Å². The van der Waals surface area contributed by atoms with E-state index < -0.39 is 0 Å². The van der Waals surface area contributed by atoms with Gasteiger partial charge in [0.25, 0.3) is 0 Å². The van der Waals surface area contributed by atoms with Crippen LogP contribution >= 0.6 is 27.3 Å². The van der Waals surface area contributed by atoms with Crippen LogP contribution in [-0.4, -0.2) is 21.0 Å². The molecule has 1 atom stereocenters. The van der Waals surface area contributed by atoms with Crippen molar-refractivity contribution < 1.29 is 0 Å². The zero-order valence-electron chi connectivity index (χ0n) is 10.4. The molecule has 1 unspecified atom stereocenters. The molecule has 0 amide bonds. The average Bonchev–Trinajstić information content (AvgIpc) is 2.73. The van der Waals surface area contributed by atoms with E-state index in [-0.39, 0.29) is 0 Å². The van der Waals surface area contributed by atoms with Crippen LogP contribution in [0, 0.1) is 6.92 Å². The minimum Gasteiger partial charge on any atom is -0.352 e. The van der Waals surface area contributed by atoms with Gasteiger partial charge in [0.2, 0.25) is 5.95 Å². The van der Waals surface area contributed by atoms with E-state index in [9.17, 15) is 0 Å². The molecule has 96 valence electrons. The number of hydrogen-bond donors (Lipinski definition) is 1. The average molecular weight is 327 g/mol. The minimum atomic E-state index is 0.340. The van der Waals surface area contributed by atoms with Gasteiger partial charge < -0.3 is 5.32 Å². The number of rotatable bonds is 5. The molecule has 0 radical (unpaired) electrons. The number of hydrogen-bond acceptors (Lipinski definition) is 5. The van der Waals surface area contributed by atoms with E-state index in [2.05, 4.69) is 55.3 Å². The number of halogens is 1. The van der Waals surface area contributed by atoms with Crippen LogP contribution in [0.3, 0.4) is 0 Å². The van der Waals surface area contributed by atoms with Crippen LogP contribution in [0.4, 0.5) is 5.95 Å². The van der Waals surface area contributed by atoms with Crippen molar-refractivity contribution in [2.24, 2.45) is 0 Å². The summed E-state index contributed by atoms with van der Waals surface area (Å²) in [6.07, 6.45) is 3.65. The molecule has 0 aliphatic carbocycles. The molecule has 0 saturated heterocycles. The Hall–Kier alpha value is -1.01. The molecule has 0 aromatic carbocycles. The summed E-state index contributed by atoms with van der Waals surface area (Å²) in [7, 11) is 0. The van der Waals surface area contributed by atoms with Crippen molar-refractivity contribution in [1.82, 2.24) is 15.0 Å². The molecule has 0 bridgehead atoms. The van der Waals surface area contributed by atoms with E-state index in [1.54, 1.807) is 11.3 Å². The van der Waals surface area contributed by atoms with Crippen molar-refractivity contribution in [3.05, 3.63) is 32.9 Å². The number of aryl methyl sites for hydroxylation is 2. The maximum absolute atomic E-state index is 4.23. The summed E-state index contributed by atoms with van der Waals surface area (Å²) in [6, 6.07) is 4.59. The van der Waals surface area contributed by atoms with Crippen molar-refractivity contribution >= 4 is 33.2 Å². The van der Waals surface area contributed by atoms with Crippen molar-refractivity contribution in [2.75, 3.05) is 5.32 Å². The third kappa shape index (κ3) is 4.03. The van der Waals surface area contributed by atoms with Gasteiger partial charge in [-0.1, -0.05) is 0 Å². The zero-order valence-corrected chi connectivity index (χ0v) is 12.8. The maximum atomic E-state index is 4.23. The minimum absolute atomic E-state index is 0.340.